The zero-order valence-corrected chi connectivity index (χ0v) is 16.6. The van der Waals surface area contributed by atoms with Crippen molar-refractivity contribution in [2.45, 2.75) is 37.6 Å². The van der Waals surface area contributed by atoms with Crippen LogP contribution in [-0.2, 0) is 16.4 Å². The van der Waals surface area contributed by atoms with Crippen molar-refractivity contribution in [1.82, 2.24) is 10.0 Å². The molecule has 2 aromatic rings. The summed E-state index contributed by atoms with van der Waals surface area (Å²) in [5.41, 5.74) is 0.888. The first-order valence-electron chi connectivity index (χ1n) is 8.23. The van der Waals surface area contributed by atoms with Crippen molar-refractivity contribution in [2.75, 3.05) is 6.54 Å². The minimum atomic E-state index is -3.69. The molecule has 0 fully saturated rings. The average molecular weight is 395 g/mol. The van der Waals surface area contributed by atoms with Crippen LogP contribution in [0.25, 0.3) is 0 Å². The Morgan fingerprint density at radius 1 is 1.08 bits per heavy atom. The summed E-state index contributed by atoms with van der Waals surface area (Å²) in [4.78, 5) is 12.3. The summed E-state index contributed by atoms with van der Waals surface area (Å²) in [6.07, 6.45) is 0.542. The van der Waals surface area contributed by atoms with Gasteiger partial charge in [0.1, 0.15) is 0 Å². The van der Waals surface area contributed by atoms with E-state index in [1.54, 1.807) is 24.3 Å². The van der Waals surface area contributed by atoms with Crippen LogP contribution in [-0.4, -0.2) is 26.4 Å². The summed E-state index contributed by atoms with van der Waals surface area (Å²) >= 11 is 5.83. The largest absolute Gasteiger partial charge is 0.347 e. The molecular formula is C19H23ClN2O3S. The van der Waals surface area contributed by atoms with Crippen LogP contribution >= 0.6 is 11.6 Å². The summed E-state index contributed by atoms with van der Waals surface area (Å²) in [5, 5.41) is 3.46. The Balaban J connectivity index is 2.05. The summed E-state index contributed by atoms with van der Waals surface area (Å²) < 4.78 is 27.5. The summed E-state index contributed by atoms with van der Waals surface area (Å²) in [7, 11) is -3.69. The lowest BCUT2D eigenvalue weighted by atomic mass is 10.1. The van der Waals surface area contributed by atoms with Gasteiger partial charge < -0.3 is 5.32 Å². The molecule has 0 aromatic heterocycles. The number of halogens is 1. The highest BCUT2D eigenvalue weighted by atomic mass is 35.5. The number of carbonyl (C=O) groups is 1. The van der Waals surface area contributed by atoms with Crippen molar-refractivity contribution < 1.29 is 13.2 Å². The number of carbonyl (C=O) groups excluding carboxylic acids is 1. The smallest absolute Gasteiger partial charge is 0.251 e. The Hall–Kier alpha value is -1.89. The maximum Gasteiger partial charge on any atom is 0.251 e. The lowest BCUT2D eigenvalue weighted by Crippen LogP contribution is -2.40. The molecule has 0 aliphatic carbocycles. The van der Waals surface area contributed by atoms with Gasteiger partial charge in [0.2, 0.25) is 10.0 Å². The second-order valence-electron chi connectivity index (χ2n) is 7.01. The Bertz CT molecular complexity index is 872. The Labute approximate surface area is 159 Å². The van der Waals surface area contributed by atoms with Crippen molar-refractivity contribution in [3.8, 4) is 0 Å². The van der Waals surface area contributed by atoms with Crippen LogP contribution in [0, 0.1) is 0 Å². The molecule has 0 saturated heterocycles. The fourth-order valence-electron chi connectivity index (χ4n) is 2.28. The van der Waals surface area contributed by atoms with Gasteiger partial charge in [-0.15, -0.1) is 0 Å². The predicted octanol–water partition coefficient (Wildman–Crippen LogP) is 3.39. The monoisotopic (exact) mass is 394 g/mol. The van der Waals surface area contributed by atoms with E-state index in [9.17, 15) is 13.2 Å². The molecule has 0 unspecified atom stereocenters. The second kappa shape index (κ2) is 8.20. The SMILES string of the molecule is CC(C)(C)NC(=O)c1cccc(S(=O)(=O)NCCc2ccc(Cl)cc2)c1. The molecule has 0 aliphatic heterocycles. The van der Waals surface area contributed by atoms with Crippen molar-refractivity contribution in [3.63, 3.8) is 0 Å². The van der Waals surface area contributed by atoms with Gasteiger partial charge in [0.15, 0.2) is 0 Å². The third kappa shape index (κ3) is 6.12. The van der Waals surface area contributed by atoms with E-state index in [0.29, 0.717) is 17.0 Å². The van der Waals surface area contributed by atoms with Crippen molar-refractivity contribution in [2.24, 2.45) is 0 Å². The molecule has 2 N–H and O–H groups in total. The number of benzene rings is 2. The first kappa shape index (κ1) is 20.4. The molecule has 0 radical (unpaired) electrons. The molecule has 0 spiro atoms. The fraction of sp³-hybridized carbons (Fsp3) is 0.316. The van der Waals surface area contributed by atoms with Crippen LogP contribution < -0.4 is 10.0 Å². The molecule has 0 aliphatic rings. The number of nitrogens with one attached hydrogen (secondary N) is 2. The van der Waals surface area contributed by atoms with E-state index in [-0.39, 0.29) is 17.3 Å². The van der Waals surface area contributed by atoms with E-state index in [4.69, 9.17) is 11.6 Å². The summed E-state index contributed by atoms with van der Waals surface area (Å²) in [6.45, 7) is 5.85. The van der Waals surface area contributed by atoms with Crippen LogP contribution in [0.15, 0.2) is 53.4 Å². The molecule has 0 bridgehead atoms. The van der Waals surface area contributed by atoms with Crippen LogP contribution in [0.5, 0.6) is 0 Å². The van der Waals surface area contributed by atoms with E-state index < -0.39 is 15.6 Å². The number of hydrogen-bond acceptors (Lipinski definition) is 3. The van der Waals surface area contributed by atoms with E-state index >= 15 is 0 Å². The average Bonchev–Trinajstić information content (AvgIpc) is 2.55. The van der Waals surface area contributed by atoms with E-state index in [1.807, 2.05) is 32.9 Å². The molecule has 2 aromatic carbocycles. The number of rotatable bonds is 6. The van der Waals surface area contributed by atoms with Gasteiger partial charge in [-0.1, -0.05) is 29.8 Å². The summed E-state index contributed by atoms with van der Waals surface area (Å²) in [5.74, 6) is -0.310. The quantitative estimate of drug-likeness (QED) is 0.788. The number of amides is 1. The van der Waals surface area contributed by atoms with E-state index in [0.717, 1.165) is 5.56 Å². The highest BCUT2D eigenvalue weighted by Gasteiger charge is 2.18. The first-order chi connectivity index (χ1) is 12.1. The Morgan fingerprint density at radius 3 is 2.35 bits per heavy atom. The molecule has 0 heterocycles. The lowest BCUT2D eigenvalue weighted by molar-refractivity contribution is 0.0919. The maximum atomic E-state index is 12.5. The normalized spacial score (nSPS) is 12.0. The first-order valence-corrected chi connectivity index (χ1v) is 10.1. The third-order valence-corrected chi connectivity index (χ3v) is 5.22. The van der Waals surface area contributed by atoms with Gasteiger partial charge in [-0.25, -0.2) is 13.1 Å². The molecular weight excluding hydrogens is 372 g/mol. The molecule has 140 valence electrons. The van der Waals surface area contributed by atoms with Gasteiger partial charge in [0.25, 0.3) is 5.91 Å². The highest BCUT2D eigenvalue weighted by molar-refractivity contribution is 7.89. The van der Waals surface area contributed by atoms with Crippen LogP contribution in [0.2, 0.25) is 5.02 Å². The number of sulfonamides is 1. The van der Waals surface area contributed by atoms with Gasteiger partial charge in [0.05, 0.1) is 4.90 Å². The predicted molar refractivity (Wildman–Crippen MR) is 104 cm³/mol. The standard InChI is InChI=1S/C19H23ClN2O3S/c1-19(2,3)22-18(23)15-5-4-6-17(13-15)26(24,25)21-12-11-14-7-9-16(20)10-8-14/h4-10,13,21H,11-12H2,1-3H3,(H,22,23). The fourth-order valence-corrected chi connectivity index (χ4v) is 3.48. The Morgan fingerprint density at radius 2 is 1.73 bits per heavy atom. The van der Waals surface area contributed by atoms with Crippen molar-refractivity contribution in [1.29, 1.82) is 0 Å². The Kier molecular flexibility index (Phi) is 6.44. The van der Waals surface area contributed by atoms with Crippen LogP contribution in [0.1, 0.15) is 36.7 Å². The molecule has 0 atom stereocenters. The summed E-state index contributed by atoms with van der Waals surface area (Å²) in [6, 6.07) is 13.2. The topological polar surface area (TPSA) is 75.3 Å². The van der Waals surface area contributed by atoms with Crippen molar-refractivity contribution in [3.05, 3.63) is 64.7 Å². The third-order valence-electron chi connectivity index (χ3n) is 3.51. The number of hydrogen-bond donors (Lipinski definition) is 2. The van der Waals surface area contributed by atoms with Crippen LogP contribution in [0.4, 0.5) is 0 Å². The van der Waals surface area contributed by atoms with Crippen LogP contribution in [0.3, 0.4) is 0 Å². The lowest BCUT2D eigenvalue weighted by Gasteiger charge is -2.20. The molecule has 2 rings (SSSR count). The minimum Gasteiger partial charge on any atom is -0.347 e. The van der Waals surface area contributed by atoms with E-state index in [1.165, 1.54) is 12.1 Å². The second-order valence-corrected chi connectivity index (χ2v) is 9.21. The van der Waals surface area contributed by atoms with Crippen molar-refractivity contribution >= 4 is 27.5 Å². The van der Waals surface area contributed by atoms with Gasteiger partial charge in [0, 0.05) is 22.7 Å². The zero-order chi connectivity index (χ0) is 19.4. The van der Waals surface area contributed by atoms with Gasteiger partial charge in [-0.3, -0.25) is 4.79 Å². The van der Waals surface area contributed by atoms with Gasteiger partial charge >= 0.3 is 0 Å². The highest BCUT2D eigenvalue weighted by Crippen LogP contribution is 2.14. The molecule has 0 saturated carbocycles. The van der Waals surface area contributed by atoms with Gasteiger partial charge in [-0.05, 0) is 63.1 Å². The molecule has 1 amide bonds. The molecule has 7 heteroatoms. The van der Waals surface area contributed by atoms with Gasteiger partial charge in [-0.2, -0.15) is 0 Å². The molecule has 5 nitrogen and oxygen atoms in total. The minimum absolute atomic E-state index is 0.0650. The maximum absolute atomic E-state index is 12.5. The zero-order valence-electron chi connectivity index (χ0n) is 15.0. The van der Waals surface area contributed by atoms with E-state index in [2.05, 4.69) is 10.0 Å². The molecule has 26 heavy (non-hydrogen) atoms.